The summed E-state index contributed by atoms with van der Waals surface area (Å²) in [6, 6.07) is 14.2. The molecule has 7 heteroatoms. The van der Waals surface area contributed by atoms with Gasteiger partial charge in [-0.2, -0.15) is 0 Å². The van der Waals surface area contributed by atoms with E-state index in [1.807, 2.05) is 30.3 Å². The summed E-state index contributed by atoms with van der Waals surface area (Å²) >= 11 is 1.43. The van der Waals surface area contributed by atoms with Gasteiger partial charge in [0.25, 0.3) is 0 Å². The van der Waals surface area contributed by atoms with E-state index in [0.717, 1.165) is 42.4 Å². The van der Waals surface area contributed by atoms with Crippen molar-refractivity contribution >= 4 is 17.7 Å². The number of thioether (sulfide) groups is 1. The molecule has 0 bridgehead atoms. The van der Waals surface area contributed by atoms with Crippen LogP contribution in [0.15, 0.2) is 60.0 Å². The molecular weight excluding hydrogens is 370 g/mol. The maximum Gasteiger partial charge on any atom is 0.230 e. The largest absolute Gasteiger partial charge is 0.355 e. The number of benzene rings is 1. The van der Waals surface area contributed by atoms with Crippen molar-refractivity contribution in [2.24, 2.45) is 0 Å². The molecule has 2 heterocycles. The smallest absolute Gasteiger partial charge is 0.230 e. The van der Waals surface area contributed by atoms with Gasteiger partial charge >= 0.3 is 0 Å². The highest BCUT2D eigenvalue weighted by molar-refractivity contribution is 7.99. The standard InChI is InChI=1S/C21H25N5OS/c1-2-15-26-20(18-10-13-22-14-11-18)24-25-21(26)28-16-19(27)23-12-6-9-17-7-4-3-5-8-17/h3-5,7-8,10-11,13-14H,2,6,9,12,15-16H2,1H3,(H,23,27). The number of rotatable bonds is 10. The lowest BCUT2D eigenvalue weighted by molar-refractivity contribution is -0.118. The zero-order valence-corrected chi connectivity index (χ0v) is 16.9. The van der Waals surface area contributed by atoms with Crippen LogP contribution in [0.1, 0.15) is 25.3 Å². The number of pyridine rings is 1. The van der Waals surface area contributed by atoms with Crippen molar-refractivity contribution in [2.45, 2.75) is 37.9 Å². The van der Waals surface area contributed by atoms with Gasteiger partial charge in [-0.3, -0.25) is 9.78 Å². The van der Waals surface area contributed by atoms with Crippen molar-refractivity contribution in [3.8, 4) is 11.4 Å². The minimum atomic E-state index is 0.0228. The minimum absolute atomic E-state index is 0.0228. The van der Waals surface area contributed by atoms with E-state index >= 15 is 0 Å². The van der Waals surface area contributed by atoms with Gasteiger partial charge in [0.1, 0.15) is 0 Å². The third-order valence-corrected chi connectivity index (χ3v) is 5.21. The van der Waals surface area contributed by atoms with Crippen LogP contribution in [0.3, 0.4) is 0 Å². The molecule has 6 nitrogen and oxygen atoms in total. The Kier molecular flexibility index (Phi) is 7.61. The topological polar surface area (TPSA) is 72.7 Å². The van der Waals surface area contributed by atoms with Gasteiger partial charge in [-0.25, -0.2) is 0 Å². The summed E-state index contributed by atoms with van der Waals surface area (Å²) in [6.45, 7) is 3.61. The Balaban J connectivity index is 1.49. The summed E-state index contributed by atoms with van der Waals surface area (Å²) < 4.78 is 2.07. The van der Waals surface area contributed by atoms with Gasteiger partial charge in [-0.1, -0.05) is 49.0 Å². The fourth-order valence-electron chi connectivity index (χ4n) is 2.88. The van der Waals surface area contributed by atoms with Crippen LogP contribution in [0.5, 0.6) is 0 Å². The van der Waals surface area contributed by atoms with E-state index in [-0.39, 0.29) is 5.91 Å². The number of carbonyl (C=O) groups is 1. The molecule has 28 heavy (non-hydrogen) atoms. The monoisotopic (exact) mass is 395 g/mol. The molecule has 1 N–H and O–H groups in total. The second-order valence-corrected chi connectivity index (χ2v) is 7.36. The molecule has 1 amide bonds. The first-order valence-corrected chi connectivity index (χ1v) is 10.5. The molecule has 3 aromatic rings. The summed E-state index contributed by atoms with van der Waals surface area (Å²) in [6.07, 6.45) is 6.36. The molecule has 0 saturated heterocycles. The average molecular weight is 396 g/mol. The second-order valence-electron chi connectivity index (χ2n) is 6.42. The average Bonchev–Trinajstić information content (AvgIpc) is 3.14. The first-order valence-electron chi connectivity index (χ1n) is 9.55. The molecule has 0 atom stereocenters. The maximum atomic E-state index is 12.2. The molecule has 0 spiro atoms. The first-order chi connectivity index (χ1) is 13.8. The van der Waals surface area contributed by atoms with Crippen LogP contribution >= 0.6 is 11.8 Å². The third-order valence-electron chi connectivity index (χ3n) is 4.24. The van der Waals surface area contributed by atoms with E-state index in [1.54, 1.807) is 12.4 Å². The van der Waals surface area contributed by atoms with Gasteiger partial charge in [0.05, 0.1) is 5.75 Å². The number of nitrogens with one attached hydrogen (secondary N) is 1. The second kappa shape index (κ2) is 10.6. The Morgan fingerprint density at radius 3 is 2.64 bits per heavy atom. The predicted octanol–water partition coefficient (Wildman–Crippen LogP) is 3.59. The fourth-order valence-corrected chi connectivity index (χ4v) is 3.68. The number of hydrogen-bond acceptors (Lipinski definition) is 5. The molecule has 146 valence electrons. The van der Waals surface area contributed by atoms with Crippen molar-refractivity contribution in [1.29, 1.82) is 0 Å². The normalized spacial score (nSPS) is 10.8. The lowest BCUT2D eigenvalue weighted by Gasteiger charge is -2.09. The Morgan fingerprint density at radius 2 is 1.89 bits per heavy atom. The number of hydrogen-bond donors (Lipinski definition) is 1. The van der Waals surface area contributed by atoms with Gasteiger partial charge in [0.15, 0.2) is 11.0 Å². The van der Waals surface area contributed by atoms with E-state index in [9.17, 15) is 4.79 Å². The number of carbonyl (C=O) groups excluding carboxylic acids is 1. The van der Waals surface area contributed by atoms with Crippen LogP contribution in [0.2, 0.25) is 0 Å². The van der Waals surface area contributed by atoms with Crippen molar-refractivity contribution in [3.05, 3.63) is 60.4 Å². The van der Waals surface area contributed by atoms with E-state index in [0.29, 0.717) is 12.3 Å². The summed E-state index contributed by atoms with van der Waals surface area (Å²) in [7, 11) is 0. The molecule has 0 unspecified atom stereocenters. The highest BCUT2D eigenvalue weighted by atomic mass is 32.2. The number of aryl methyl sites for hydroxylation is 1. The quantitative estimate of drug-likeness (QED) is 0.419. The van der Waals surface area contributed by atoms with Crippen LogP contribution in [0.25, 0.3) is 11.4 Å². The van der Waals surface area contributed by atoms with Gasteiger partial charge in [-0.15, -0.1) is 10.2 Å². The highest BCUT2D eigenvalue weighted by Crippen LogP contribution is 2.23. The van der Waals surface area contributed by atoms with Gasteiger partial charge in [0.2, 0.25) is 5.91 Å². The van der Waals surface area contributed by atoms with Crippen LogP contribution < -0.4 is 5.32 Å². The molecule has 0 radical (unpaired) electrons. The molecule has 0 aliphatic rings. The summed E-state index contributed by atoms with van der Waals surface area (Å²) in [5.74, 6) is 1.17. The molecule has 0 fully saturated rings. The Hall–Kier alpha value is -2.67. The number of nitrogens with zero attached hydrogens (tertiary/aromatic N) is 4. The molecule has 3 rings (SSSR count). The number of aromatic nitrogens is 4. The van der Waals surface area contributed by atoms with Gasteiger partial charge in [-0.05, 0) is 37.0 Å². The Morgan fingerprint density at radius 1 is 1.11 bits per heavy atom. The zero-order valence-electron chi connectivity index (χ0n) is 16.0. The van der Waals surface area contributed by atoms with Crippen LogP contribution in [-0.2, 0) is 17.8 Å². The van der Waals surface area contributed by atoms with Gasteiger partial charge in [0, 0.05) is 31.0 Å². The molecule has 2 aromatic heterocycles. The highest BCUT2D eigenvalue weighted by Gasteiger charge is 2.15. The van der Waals surface area contributed by atoms with E-state index in [2.05, 4.69) is 44.1 Å². The van der Waals surface area contributed by atoms with Crippen LogP contribution in [-0.4, -0.2) is 38.0 Å². The summed E-state index contributed by atoms with van der Waals surface area (Å²) in [5, 5.41) is 12.4. The summed E-state index contributed by atoms with van der Waals surface area (Å²) in [4.78, 5) is 16.2. The fraction of sp³-hybridized carbons (Fsp3) is 0.333. The lowest BCUT2D eigenvalue weighted by atomic mass is 10.1. The Labute approximate surface area is 169 Å². The van der Waals surface area contributed by atoms with Crippen molar-refractivity contribution in [1.82, 2.24) is 25.1 Å². The summed E-state index contributed by atoms with van der Waals surface area (Å²) in [5.41, 5.74) is 2.27. The molecule has 1 aromatic carbocycles. The molecule has 0 aliphatic heterocycles. The van der Waals surface area contributed by atoms with Crippen molar-refractivity contribution in [3.63, 3.8) is 0 Å². The van der Waals surface area contributed by atoms with Crippen LogP contribution in [0, 0.1) is 0 Å². The van der Waals surface area contributed by atoms with Crippen LogP contribution in [0.4, 0.5) is 0 Å². The lowest BCUT2D eigenvalue weighted by Crippen LogP contribution is -2.26. The van der Waals surface area contributed by atoms with E-state index < -0.39 is 0 Å². The molecule has 0 aliphatic carbocycles. The number of amides is 1. The maximum absolute atomic E-state index is 12.2. The molecule has 0 saturated carbocycles. The van der Waals surface area contributed by atoms with E-state index in [1.165, 1.54) is 17.3 Å². The minimum Gasteiger partial charge on any atom is -0.355 e. The van der Waals surface area contributed by atoms with Gasteiger partial charge < -0.3 is 9.88 Å². The Bertz CT molecular complexity index is 867. The molecular formula is C21H25N5OS. The van der Waals surface area contributed by atoms with Crippen molar-refractivity contribution in [2.75, 3.05) is 12.3 Å². The van der Waals surface area contributed by atoms with Crippen molar-refractivity contribution < 1.29 is 4.79 Å². The van der Waals surface area contributed by atoms with E-state index in [4.69, 9.17) is 0 Å². The SMILES string of the molecule is CCCn1c(SCC(=O)NCCCc2ccccc2)nnc1-c1ccncc1. The first kappa shape index (κ1) is 20.1. The third kappa shape index (κ3) is 5.66. The zero-order chi connectivity index (χ0) is 19.6. The predicted molar refractivity (Wildman–Crippen MR) is 112 cm³/mol.